The minimum absolute atomic E-state index is 0.330. The first-order valence-corrected chi connectivity index (χ1v) is 7.72. The molecule has 5 heteroatoms. The van der Waals surface area contributed by atoms with E-state index in [4.69, 9.17) is 5.73 Å². The Balaban J connectivity index is 0.000000631. The number of benzene rings is 1. The molecule has 0 amide bonds. The zero-order chi connectivity index (χ0) is 14.0. The minimum atomic E-state index is -3.29. The molecule has 0 bridgehead atoms. The smallest absolute Gasteiger partial charge is 0.240 e. The number of aryl methyl sites for hydroxylation is 1. The van der Waals surface area contributed by atoms with Gasteiger partial charge < -0.3 is 5.73 Å². The second-order valence-electron chi connectivity index (χ2n) is 4.00. The minimum Gasteiger partial charge on any atom is -0.330 e. The van der Waals surface area contributed by atoms with Crippen molar-refractivity contribution in [3.8, 4) is 0 Å². The highest BCUT2D eigenvalue weighted by Gasteiger charge is 2.11. The molecule has 0 radical (unpaired) electrons. The van der Waals surface area contributed by atoms with Gasteiger partial charge in [-0.15, -0.1) is 0 Å². The van der Waals surface area contributed by atoms with Crippen LogP contribution in [0.25, 0.3) is 0 Å². The largest absolute Gasteiger partial charge is 0.330 e. The predicted octanol–water partition coefficient (Wildman–Crippen LogP) is 2.04. The third-order valence-corrected chi connectivity index (χ3v) is 3.64. The van der Waals surface area contributed by atoms with Crippen molar-refractivity contribution in [1.82, 2.24) is 4.72 Å². The molecule has 0 aromatic heterocycles. The second-order valence-corrected chi connectivity index (χ2v) is 5.77. The van der Waals surface area contributed by atoms with Gasteiger partial charge in [-0.1, -0.05) is 31.5 Å². The second kappa shape index (κ2) is 9.08. The zero-order valence-electron chi connectivity index (χ0n) is 11.4. The van der Waals surface area contributed by atoms with Gasteiger partial charge in [-0.25, -0.2) is 13.1 Å². The van der Waals surface area contributed by atoms with E-state index in [0.717, 1.165) is 24.9 Å². The van der Waals surface area contributed by atoms with Crippen molar-refractivity contribution >= 4 is 10.0 Å². The third kappa shape index (κ3) is 6.74. The molecule has 0 saturated carbocycles. The Kier molecular flexibility index (Phi) is 8.62. The van der Waals surface area contributed by atoms with E-state index >= 15 is 0 Å². The number of hydrogen-bond donors (Lipinski definition) is 2. The lowest BCUT2D eigenvalue weighted by Gasteiger charge is -2.05. The highest BCUT2D eigenvalue weighted by Crippen LogP contribution is 2.09. The molecule has 1 aromatic carbocycles. The fourth-order valence-corrected chi connectivity index (χ4v) is 2.17. The molecule has 0 saturated heterocycles. The van der Waals surface area contributed by atoms with Gasteiger partial charge in [0.15, 0.2) is 0 Å². The van der Waals surface area contributed by atoms with Gasteiger partial charge in [0.25, 0.3) is 0 Å². The highest BCUT2D eigenvalue weighted by molar-refractivity contribution is 7.89. The molecule has 4 nitrogen and oxygen atoms in total. The summed E-state index contributed by atoms with van der Waals surface area (Å²) in [5.74, 6) is 0. The standard InChI is InChI=1S/C10H15NO2S.C3H9N/c1-3-8-11-14(12,13)10-6-4-9(2)5-7-10;1-2-3-4/h4-7,11H,3,8H2,1-2H3;2-4H2,1H3. The molecule has 0 aliphatic rings. The first kappa shape index (κ1) is 17.1. The van der Waals surface area contributed by atoms with Crippen LogP contribution in [0.5, 0.6) is 0 Å². The van der Waals surface area contributed by atoms with Gasteiger partial charge in [0.1, 0.15) is 0 Å². The molecule has 0 spiro atoms. The van der Waals surface area contributed by atoms with Crippen molar-refractivity contribution in [1.29, 1.82) is 0 Å². The predicted molar refractivity (Wildman–Crippen MR) is 76.0 cm³/mol. The number of hydrogen-bond acceptors (Lipinski definition) is 3. The Morgan fingerprint density at radius 1 is 1.11 bits per heavy atom. The van der Waals surface area contributed by atoms with E-state index in [1.807, 2.05) is 13.8 Å². The van der Waals surface area contributed by atoms with E-state index in [-0.39, 0.29) is 0 Å². The molecule has 0 heterocycles. The van der Waals surface area contributed by atoms with Crippen LogP contribution in [0.3, 0.4) is 0 Å². The molecule has 0 unspecified atom stereocenters. The Bertz CT molecular complexity index is 411. The lowest BCUT2D eigenvalue weighted by Crippen LogP contribution is -2.24. The number of rotatable bonds is 5. The summed E-state index contributed by atoms with van der Waals surface area (Å²) < 4.78 is 25.7. The molecule has 0 fully saturated rings. The summed E-state index contributed by atoms with van der Waals surface area (Å²) in [5, 5.41) is 0. The highest BCUT2D eigenvalue weighted by atomic mass is 32.2. The van der Waals surface area contributed by atoms with E-state index < -0.39 is 10.0 Å². The molecule has 1 aromatic rings. The number of nitrogens with two attached hydrogens (primary N) is 1. The summed E-state index contributed by atoms with van der Waals surface area (Å²) in [7, 11) is -3.29. The Labute approximate surface area is 111 Å². The maximum Gasteiger partial charge on any atom is 0.240 e. The molecule has 18 heavy (non-hydrogen) atoms. The van der Waals surface area contributed by atoms with Crippen molar-refractivity contribution in [2.24, 2.45) is 5.73 Å². The van der Waals surface area contributed by atoms with Crippen LogP contribution in [0.4, 0.5) is 0 Å². The van der Waals surface area contributed by atoms with E-state index in [1.54, 1.807) is 24.3 Å². The van der Waals surface area contributed by atoms with Crippen molar-refractivity contribution in [2.75, 3.05) is 13.1 Å². The lowest BCUT2D eigenvalue weighted by atomic mass is 10.2. The molecule has 3 N–H and O–H groups in total. The van der Waals surface area contributed by atoms with E-state index in [2.05, 4.69) is 11.6 Å². The average molecular weight is 272 g/mol. The molecule has 0 aliphatic carbocycles. The van der Waals surface area contributed by atoms with Crippen LogP contribution in [0.15, 0.2) is 29.2 Å². The Hall–Kier alpha value is -0.910. The SMILES string of the molecule is CCCN.CCCNS(=O)(=O)c1ccc(C)cc1. The van der Waals surface area contributed by atoms with Crippen molar-refractivity contribution in [2.45, 2.75) is 38.5 Å². The van der Waals surface area contributed by atoms with E-state index in [1.165, 1.54) is 0 Å². The maximum atomic E-state index is 11.6. The van der Waals surface area contributed by atoms with Gasteiger partial charge in [-0.2, -0.15) is 0 Å². The van der Waals surface area contributed by atoms with Crippen LogP contribution in [0, 0.1) is 6.92 Å². The van der Waals surface area contributed by atoms with Crippen LogP contribution in [0.1, 0.15) is 32.3 Å². The van der Waals surface area contributed by atoms with Crippen LogP contribution in [-0.2, 0) is 10.0 Å². The quantitative estimate of drug-likeness (QED) is 0.861. The molecule has 104 valence electrons. The van der Waals surface area contributed by atoms with Gasteiger partial charge in [0.2, 0.25) is 10.0 Å². The van der Waals surface area contributed by atoms with Gasteiger partial charge in [-0.3, -0.25) is 0 Å². The fraction of sp³-hybridized carbons (Fsp3) is 0.538. The summed E-state index contributed by atoms with van der Waals surface area (Å²) in [5.41, 5.74) is 6.08. The number of nitrogens with one attached hydrogen (secondary N) is 1. The van der Waals surface area contributed by atoms with Gasteiger partial charge in [-0.05, 0) is 38.4 Å². The fourth-order valence-electron chi connectivity index (χ4n) is 1.04. The molecule has 0 atom stereocenters. The normalized spacial score (nSPS) is 10.7. The summed E-state index contributed by atoms with van der Waals surface area (Å²) in [6, 6.07) is 6.82. The maximum absolute atomic E-state index is 11.6. The zero-order valence-corrected chi connectivity index (χ0v) is 12.3. The van der Waals surface area contributed by atoms with E-state index in [9.17, 15) is 8.42 Å². The summed E-state index contributed by atoms with van der Waals surface area (Å²) >= 11 is 0. The summed E-state index contributed by atoms with van der Waals surface area (Å²) in [6.07, 6.45) is 1.89. The van der Waals surface area contributed by atoms with Crippen LogP contribution in [-0.4, -0.2) is 21.5 Å². The van der Waals surface area contributed by atoms with Gasteiger partial charge in [0, 0.05) is 6.54 Å². The third-order valence-electron chi connectivity index (χ3n) is 2.16. The average Bonchev–Trinajstić information content (AvgIpc) is 2.37. The molecular weight excluding hydrogens is 248 g/mol. The van der Waals surface area contributed by atoms with Gasteiger partial charge in [0.05, 0.1) is 4.90 Å². The molecule has 0 aliphatic heterocycles. The van der Waals surface area contributed by atoms with E-state index in [0.29, 0.717) is 11.4 Å². The molecule has 1 rings (SSSR count). The first-order valence-electron chi connectivity index (χ1n) is 6.24. The Morgan fingerprint density at radius 2 is 1.61 bits per heavy atom. The van der Waals surface area contributed by atoms with Crippen LogP contribution < -0.4 is 10.5 Å². The van der Waals surface area contributed by atoms with Crippen molar-refractivity contribution < 1.29 is 8.42 Å². The lowest BCUT2D eigenvalue weighted by molar-refractivity contribution is 0.581. The Morgan fingerprint density at radius 3 is 2.00 bits per heavy atom. The van der Waals surface area contributed by atoms with Crippen LogP contribution in [0.2, 0.25) is 0 Å². The monoisotopic (exact) mass is 272 g/mol. The first-order chi connectivity index (χ1) is 8.47. The summed E-state index contributed by atoms with van der Waals surface area (Å²) in [6.45, 7) is 7.21. The summed E-state index contributed by atoms with van der Waals surface area (Å²) in [4.78, 5) is 0.330. The van der Waals surface area contributed by atoms with Crippen molar-refractivity contribution in [3.05, 3.63) is 29.8 Å². The van der Waals surface area contributed by atoms with Crippen LogP contribution >= 0.6 is 0 Å². The van der Waals surface area contributed by atoms with Crippen molar-refractivity contribution in [3.63, 3.8) is 0 Å². The number of sulfonamides is 1. The molecular formula is C13H24N2O2S. The van der Waals surface area contributed by atoms with Gasteiger partial charge >= 0.3 is 0 Å². The topological polar surface area (TPSA) is 72.2 Å².